The zero-order valence-corrected chi connectivity index (χ0v) is 13.2. The van der Waals surface area contributed by atoms with Crippen molar-refractivity contribution < 1.29 is 19.1 Å². The Hall–Kier alpha value is -1.24. The van der Waals surface area contributed by atoms with E-state index in [1.54, 1.807) is 11.0 Å². The van der Waals surface area contributed by atoms with Gasteiger partial charge in [-0.2, -0.15) is 0 Å². The van der Waals surface area contributed by atoms with Crippen molar-refractivity contribution in [3.63, 3.8) is 0 Å². The summed E-state index contributed by atoms with van der Waals surface area (Å²) in [6, 6.07) is 7.38. The maximum absolute atomic E-state index is 12.2. The molecule has 1 aliphatic rings. The van der Waals surface area contributed by atoms with Crippen LogP contribution in [0.3, 0.4) is 0 Å². The molecule has 1 fully saturated rings. The second-order valence-corrected chi connectivity index (χ2v) is 5.87. The third-order valence-electron chi connectivity index (χ3n) is 3.07. The average molecular weight is 330 g/mol. The number of halogens is 1. The van der Waals surface area contributed by atoms with Crippen LogP contribution in [0.4, 0.5) is 0 Å². The Morgan fingerprint density at radius 1 is 1.48 bits per heavy atom. The van der Waals surface area contributed by atoms with Gasteiger partial charge in [0.1, 0.15) is 0 Å². The molecular formula is C14H16ClNO4S. The van der Waals surface area contributed by atoms with Gasteiger partial charge in [-0.25, -0.2) is 4.79 Å². The molecule has 0 radical (unpaired) electrons. The summed E-state index contributed by atoms with van der Waals surface area (Å²) in [6.45, 7) is 1.05. The van der Waals surface area contributed by atoms with E-state index in [-0.39, 0.29) is 18.2 Å². The lowest BCUT2D eigenvalue weighted by Gasteiger charge is -2.31. The fourth-order valence-electron chi connectivity index (χ4n) is 1.94. The molecule has 21 heavy (non-hydrogen) atoms. The first-order valence-corrected chi connectivity index (χ1v) is 7.82. The molecule has 1 aromatic rings. The third-order valence-corrected chi connectivity index (χ3v) is 4.57. The molecule has 1 aliphatic heterocycles. The van der Waals surface area contributed by atoms with Gasteiger partial charge in [-0.1, -0.05) is 23.7 Å². The molecule has 0 N–H and O–H groups in total. The lowest BCUT2D eigenvalue weighted by Crippen LogP contribution is -2.49. The van der Waals surface area contributed by atoms with E-state index < -0.39 is 12.1 Å². The van der Waals surface area contributed by atoms with Crippen molar-refractivity contribution in [2.24, 2.45) is 0 Å². The lowest BCUT2D eigenvalue weighted by atomic mass is 10.2. The fraction of sp³-hybridized carbons (Fsp3) is 0.429. The monoisotopic (exact) mass is 329 g/mol. The molecule has 5 nitrogen and oxygen atoms in total. The quantitative estimate of drug-likeness (QED) is 0.623. The Kier molecular flexibility index (Phi) is 5.90. The van der Waals surface area contributed by atoms with Crippen LogP contribution in [-0.2, 0) is 19.1 Å². The molecule has 2 rings (SSSR count). The van der Waals surface area contributed by atoms with E-state index in [0.717, 1.165) is 4.90 Å². The van der Waals surface area contributed by atoms with E-state index in [1.165, 1.54) is 18.9 Å². The number of esters is 1. The highest BCUT2D eigenvalue weighted by Crippen LogP contribution is 2.26. The Balaban J connectivity index is 1.88. The topological polar surface area (TPSA) is 55.8 Å². The summed E-state index contributed by atoms with van der Waals surface area (Å²) in [4.78, 5) is 26.1. The smallest absolute Gasteiger partial charge is 0.336 e. The SMILES string of the molecule is COC(=O)C1CN(C(=O)CSc2ccccc2Cl)CCO1. The lowest BCUT2D eigenvalue weighted by molar-refractivity contribution is -0.161. The van der Waals surface area contributed by atoms with Crippen LogP contribution in [0.1, 0.15) is 0 Å². The predicted molar refractivity (Wildman–Crippen MR) is 80.5 cm³/mol. The van der Waals surface area contributed by atoms with Crippen molar-refractivity contribution in [3.8, 4) is 0 Å². The van der Waals surface area contributed by atoms with Crippen molar-refractivity contribution >= 4 is 35.2 Å². The summed E-state index contributed by atoms with van der Waals surface area (Å²) in [5, 5.41) is 0.629. The highest BCUT2D eigenvalue weighted by molar-refractivity contribution is 8.00. The first-order chi connectivity index (χ1) is 10.1. The van der Waals surface area contributed by atoms with Crippen molar-refractivity contribution in [2.45, 2.75) is 11.0 Å². The molecular weight excluding hydrogens is 314 g/mol. The van der Waals surface area contributed by atoms with E-state index in [2.05, 4.69) is 4.74 Å². The van der Waals surface area contributed by atoms with Crippen molar-refractivity contribution in [3.05, 3.63) is 29.3 Å². The predicted octanol–water partition coefficient (Wildman–Crippen LogP) is 1.83. The summed E-state index contributed by atoms with van der Waals surface area (Å²) >= 11 is 7.43. The second kappa shape index (κ2) is 7.68. The largest absolute Gasteiger partial charge is 0.467 e. The fourth-order valence-corrected chi connectivity index (χ4v) is 3.08. The Morgan fingerprint density at radius 2 is 2.24 bits per heavy atom. The molecule has 1 amide bonds. The zero-order chi connectivity index (χ0) is 15.2. The normalized spacial score (nSPS) is 18.4. The van der Waals surface area contributed by atoms with Crippen LogP contribution in [0.2, 0.25) is 5.02 Å². The minimum atomic E-state index is -0.696. The highest BCUT2D eigenvalue weighted by atomic mass is 35.5. The van der Waals surface area contributed by atoms with Gasteiger partial charge < -0.3 is 14.4 Å². The summed E-state index contributed by atoms with van der Waals surface area (Å²) in [5.41, 5.74) is 0. The molecule has 0 spiro atoms. The van der Waals surface area contributed by atoms with Gasteiger partial charge in [-0.3, -0.25) is 4.79 Å². The Labute approximate surface area is 132 Å². The number of ether oxygens (including phenoxy) is 2. The van der Waals surface area contributed by atoms with Crippen LogP contribution in [0, 0.1) is 0 Å². The molecule has 1 atom stereocenters. The number of benzene rings is 1. The second-order valence-electron chi connectivity index (χ2n) is 4.44. The molecule has 0 aromatic heterocycles. The summed E-state index contributed by atoms with van der Waals surface area (Å²) in [5.74, 6) is -0.221. The average Bonchev–Trinajstić information content (AvgIpc) is 2.53. The molecule has 1 heterocycles. The number of nitrogens with zero attached hydrogens (tertiary/aromatic N) is 1. The van der Waals surface area contributed by atoms with E-state index in [1.807, 2.05) is 18.2 Å². The number of morpholine rings is 1. The molecule has 0 saturated carbocycles. The number of carbonyl (C=O) groups is 2. The van der Waals surface area contributed by atoms with Crippen LogP contribution in [0.25, 0.3) is 0 Å². The van der Waals surface area contributed by atoms with E-state index in [9.17, 15) is 9.59 Å². The minimum Gasteiger partial charge on any atom is -0.467 e. The van der Waals surface area contributed by atoms with Crippen LogP contribution in [0.15, 0.2) is 29.2 Å². The van der Waals surface area contributed by atoms with Gasteiger partial charge >= 0.3 is 5.97 Å². The summed E-state index contributed by atoms with van der Waals surface area (Å²) < 4.78 is 9.93. The van der Waals surface area contributed by atoms with E-state index in [4.69, 9.17) is 16.3 Å². The van der Waals surface area contributed by atoms with Gasteiger partial charge in [0.25, 0.3) is 0 Å². The third kappa shape index (κ3) is 4.36. The van der Waals surface area contributed by atoms with Gasteiger partial charge in [0.05, 0.1) is 31.0 Å². The Bertz CT molecular complexity index is 525. The Morgan fingerprint density at radius 3 is 2.95 bits per heavy atom. The van der Waals surface area contributed by atoms with Gasteiger partial charge in [0, 0.05) is 11.4 Å². The zero-order valence-electron chi connectivity index (χ0n) is 11.6. The van der Waals surface area contributed by atoms with Crippen molar-refractivity contribution in [1.29, 1.82) is 0 Å². The van der Waals surface area contributed by atoms with Crippen molar-refractivity contribution in [2.75, 3.05) is 32.6 Å². The van der Waals surface area contributed by atoms with Crippen LogP contribution in [0.5, 0.6) is 0 Å². The maximum atomic E-state index is 12.2. The number of amides is 1. The summed E-state index contributed by atoms with van der Waals surface area (Å²) in [6.07, 6.45) is -0.696. The first-order valence-electron chi connectivity index (χ1n) is 6.46. The highest BCUT2D eigenvalue weighted by Gasteiger charge is 2.29. The number of carbonyl (C=O) groups excluding carboxylic acids is 2. The summed E-state index contributed by atoms with van der Waals surface area (Å²) in [7, 11) is 1.31. The van der Waals surface area contributed by atoms with Gasteiger partial charge in [-0.15, -0.1) is 11.8 Å². The minimum absolute atomic E-state index is 0.0443. The van der Waals surface area contributed by atoms with Gasteiger partial charge in [0.2, 0.25) is 5.91 Å². The number of thioether (sulfide) groups is 1. The maximum Gasteiger partial charge on any atom is 0.336 e. The molecule has 0 bridgehead atoms. The number of hydrogen-bond acceptors (Lipinski definition) is 5. The first kappa shape index (κ1) is 16.1. The van der Waals surface area contributed by atoms with Gasteiger partial charge in [0.15, 0.2) is 6.10 Å². The molecule has 7 heteroatoms. The molecule has 114 valence electrons. The van der Waals surface area contributed by atoms with Crippen LogP contribution < -0.4 is 0 Å². The standard InChI is InChI=1S/C14H16ClNO4S/c1-19-14(18)11-8-16(6-7-20-11)13(17)9-21-12-5-3-2-4-10(12)15/h2-5,11H,6-9H2,1H3. The van der Waals surface area contributed by atoms with E-state index >= 15 is 0 Å². The molecule has 1 aromatic carbocycles. The van der Waals surface area contributed by atoms with Crippen LogP contribution >= 0.6 is 23.4 Å². The molecule has 1 unspecified atom stereocenters. The van der Waals surface area contributed by atoms with Gasteiger partial charge in [-0.05, 0) is 12.1 Å². The molecule has 0 aliphatic carbocycles. The van der Waals surface area contributed by atoms with E-state index in [0.29, 0.717) is 18.2 Å². The number of methoxy groups -OCH3 is 1. The van der Waals surface area contributed by atoms with Crippen molar-refractivity contribution in [1.82, 2.24) is 4.90 Å². The number of hydrogen-bond donors (Lipinski definition) is 0. The van der Waals surface area contributed by atoms with Crippen LogP contribution in [-0.4, -0.2) is 55.4 Å². The molecule has 1 saturated heterocycles. The number of rotatable bonds is 4.